The maximum Gasteiger partial charge on any atom is 0.416 e. The van der Waals surface area contributed by atoms with Crippen molar-refractivity contribution in [3.63, 3.8) is 0 Å². The zero-order valence-corrected chi connectivity index (χ0v) is 10.3. The van der Waals surface area contributed by atoms with Gasteiger partial charge in [0.15, 0.2) is 6.10 Å². The lowest BCUT2D eigenvalue weighted by Gasteiger charge is -2.24. The van der Waals surface area contributed by atoms with Crippen LogP contribution in [0.2, 0.25) is 0 Å². The molecular formula is C11H15ClF3NO. The summed E-state index contributed by atoms with van der Waals surface area (Å²) in [5, 5.41) is 9.11. The Hall–Kier alpha value is -0.780. The van der Waals surface area contributed by atoms with Crippen molar-refractivity contribution >= 4 is 12.4 Å². The first-order chi connectivity index (χ1) is 7.25. The summed E-state index contributed by atoms with van der Waals surface area (Å²) >= 11 is 0. The topological polar surface area (TPSA) is 46.2 Å². The number of alkyl halides is 3. The third-order valence-electron chi connectivity index (χ3n) is 2.55. The monoisotopic (exact) mass is 269 g/mol. The van der Waals surface area contributed by atoms with Gasteiger partial charge in [-0.1, -0.05) is 18.2 Å². The average molecular weight is 270 g/mol. The van der Waals surface area contributed by atoms with Crippen molar-refractivity contribution in [3.05, 3.63) is 34.9 Å². The number of hydrogen-bond acceptors (Lipinski definition) is 2. The molecule has 6 heteroatoms. The van der Waals surface area contributed by atoms with Gasteiger partial charge in [-0.05, 0) is 30.5 Å². The highest BCUT2D eigenvalue weighted by molar-refractivity contribution is 5.85. The van der Waals surface area contributed by atoms with E-state index in [4.69, 9.17) is 10.8 Å². The van der Waals surface area contributed by atoms with E-state index in [0.29, 0.717) is 16.7 Å². The average Bonchev–Trinajstić information content (AvgIpc) is 2.14. The summed E-state index contributed by atoms with van der Waals surface area (Å²) < 4.78 is 37.0. The van der Waals surface area contributed by atoms with E-state index in [9.17, 15) is 13.2 Å². The van der Waals surface area contributed by atoms with E-state index in [-0.39, 0.29) is 12.4 Å². The lowest BCUT2D eigenvalue weighted by molar-refractivity contribution is -0.210. The van der Waals surface area contributed by atoms with Gasteiger partial charge in [0.05, 0.1) is 6.04 Å². The van der Waals surface area contributed by atoms with Gasteiger partial charge in [-0.15, -0.1) is 12.4 Å². The largest absolute Gasteiger partial charge is 0.416 e. The number of aryl methyl sites for hydroxylation is 2. The summed E-state index contributed by atoms with van der Waals surface area (Å²) in [5.41, 5.74) is 7.11. The standard InChI is InChI=1S/C11H14F3NO.ClH/c1-6-4-3-5-7(2)8(6)9(15)10(16)11(12,13)14;/h3-5,9-10,16H,15H2,1-2H3;1H/t9-,10-;/m0./s1. The minimum Gasteiger partial charge on any atom is -0.382 e. The lowest BCUT2D eigenvalue weighted by atomic mass is 9.93. The Balaban J connectivity index is 0.00000256. The fourth-order valence-corrected chi connectivity index (χ4v) is 1.71. The quantitative estimate of drug-likeness (QED) is 0.867. The molecule has 2 atom stereocenters. The van der Waals surface area contributed by atoms with Gasteiger partial charge < -0.3 is 10.8 Å². The summed E-state index contributed by atoms with van der Waals surface area (Å²) in [6.07, 6.45) is -7.24. The van der Waals surface area contributed by atoms with Crippen molar-refractivity contribution < 1.29 is 18.3 Å². The van der Waals surface area contributed by atoms with Crippen molar-refractivity contribution in [1.29, 1.82) is 0 Å². The van der Waals surface area contributed by atoms with Gasteiger partial charge in [0, 0.05) is 0 Å². The molecule has 0 saturated carbocycles. The molecule has 0 aliphatic carbocycles. The van der Waals surface area contributed by atoms with E-state index < -0.39 is 18.3 Å². The Kier molecular flexibility index (Phi) is 5.45. The molecule has 0 aliphatic heterocycles. The van der Waals surface area contributed by atoms with Crippen molar-refractivity contribution in [2.24, 2.45) is 5.73 Å². The first-order valence-corrected chi connectivity index (χ1v) is 4.81. The van der Waals surface area contributed by atoms with Crippen LogP contribution in [0.3, 0.4) is 0 Å². The molecule has 0 fully saturated rings. The van der Waals surface area contributed by atoms with Crippen molar-refractivity contribution in [1.82, 2.24) is 0 Å². The number of rotatable bonds is 2. The van der Waals surface area contributed by atoms with Gasteiger partial charge in [-0.2, -0.15) is 13.2 Å². The first-order valence-electron chi connectivity index (χ1n) is 4.81. The molecule has 0 aromatic heterocycles. The van der Waals surface area contributed by atoms with Gasteiger partial charge in [0.25, 0.3) is 0 Å². The van der Waals surface area contributed by atoms with Crippen molar-refractivity contribution in [2.75, 3.05) is 0 Å². The van der Waals surface area contributed by atoms with Crippen molar-refractivity contribution in [3.8, 4) is 0 Å². The Morgan fingerprint density at radius 2 is 1.59 bits per heavy atom. The predicted octanol–water partition coefficient (Wildman–Crippen LogP) is 2.65. The molecule has 17 heavy (non-hydrogen) atoms. The van der Waals surface area contributed by atoms with Gasteiger partial charge in [0.1, 0.15) is 0 Å². The second-order valence-corrected chi connectivity index (χ2v) is 3.82. The van der Waals surface area contributed by atoms with Crippen LogP contribution >= 0.6 is 12.4 Å². The van der Waals surface area contributed by atoms with Crippen molar-refractivity contribution in [2.45, 2.75) is 32.2 Å². The summed E-state index contributed by atoms with van der Waals surface area (Å²) in [4.78, 5) is 0. The molecule has 98 valence electrons. The van der Waals surface area contributed by atoms with Gasteiger partial charge >= 0.3 is 6.18 Å². The number of benzene rings is 1. The van der Waals surface area contributed by atoms with Gasteiger partial charge in [-0.3, -0.25) is 0 Å². The SMILES string of the molecule is Cc1cccc(C)c1[C@H](N)[C@H](O)C(F)(F)F.Cl. The van der Waals surface area contributed by atoms with E-state index in [0.717, 1.165) is 0 Å². The highest BCUT2D eigenvalue weighted by atomic mass is 35.5. The number of hydrogen-bond donors (Lipinski definition) is 2. The van der Waals surface area contributed by atoms with E-state index in [1.54, 1.807) is 32.0 Å². The fraction of sp³-hybridized carbons (Fsp3) is 0.455. The summed E-state index contributed by atoms with van der Waals surface area (Å²) in [5.74, 6) is 0. The van der Waals surface area contributed by atoms with E-state index >= 15 is 0 Å². The zero-order chi connectivity index (χ0) is 12.5. The molecular weight excluding hydrogens is 255 g/mol. The Morgan fingerprint density at radius 1 is 1.18 bits per heavy atom. The van der Waals surface area contributed by atoms with Gasteiger partial charge in [0.2, 0.25) is 0 Å². The predicted molar refractivity (Wildman–Crippen MR) is 62.2 cm³/mol. The zero-order valence-electron chi connectivity index (χ0n) is 9.45. The molecule has 1 rings (SSSR count). The minimum atomic E-state index is -4.70. The molecule has 1 aromatic carbocycles. The smallest absolute Gasteiger partial charge is 0.382 e. The van der Waals surface area contributed by atoms with Crippen LogP contribution in [-0.2, 0) is 0 Å². The first kappa shape index (κ1) is 16.2. The van der Waals surface area contributed by atoms with Crippen LogP contribution in [0.4, 0.5) is 13.2 Å². The highest BCUT2D eigenvalue weighted by Crippen LogP contribution is 2.31. The van der Waals surface area contributed by atoms with Crippen LogP contribution in [0.15, 0.2) is 18.2 Å². The number of halogens is 4. The molecule has 0 aliphatic rings. The molecule has 0 saturated heterocycles. The molecule has 0 bridgehead atoms. The Morgan fingerprint density at radius 3 is 1.94 bits per heavy atom. The molecule has 2 nitrogen and oxygen atoms in total. The molecule has 0 amide bonds. The Bertz CT molecular complexity index is 361. The van der Waals surface area contributed by atoms with Gasteiger partial charge in [-0.25, -0.2) is 0 Å². The number of aliphatic hydroxyl groups is 1. The van der Waals surface area contributed by atoms with E-state index in [1.807, 2.05) is 0 Å². The molecule has 3 N–H and O–H groups in total. The lowest BCUT2D eigenvalue weighted by Crippen LogP contribution is -2.39. The molecule has 0 unspecified atom stereocenters. The summed E-state index contributed by atoms with van der Waals surface area (Å²) in [7, 11) is 0. The maximum atomic E-state index is 12.3. The molecule has 1 aromatic rings. The maximum absolute atomic E-state index is 12.3. The third kappa shape index (κ3) is 3.59. The molecule has 0 spiro atoms. The van der Waals surface area contributed by atoms with Crippen LogP contribution in [-0.4, -0.2) is 17.4 Å². The number of nitrogens with two attached hydrogens (primary N) is 1. The van der Waals surface area contributed by atoms with Crippen LogP contribution in [0.5, 0.6) is 0 Å². The van der Waals surface area contributed by atoms with E-state index in [1.165, 1.54) is 0 Å². The molecule has 0 radical (unpaired) electrons. The van der Waals surface area contributed by atoms with E-state index in [2.05, 4.69) is 0 Å². The minimum absolute atomic E-state index is 0. The molecule has 0 heterocycles. The fourth-order valence-electron chi connectivity index (χ4n) is 1.71. The number of aliphatic hydroxyl groups excluding tert-OH is 1. The second-order valence-electron chi connectivity index (χ2n) is 3.82. The second kappa shape index (κ2) is 5.71. The van der Waals surface area contributed by atoms with Crippen LogP contribution in [0.25, 0.3) is 0 Å². The van der Waals surface area contributed by atoms with Crippen LogP contribution < -0.4 is 5.73 Å². The van der Waals surface area contributed by atoms with Crippen LogP contribution in [0, 0.1) is 13.8 Å². The Labute approximate surface area is 104 Å². The highest BCUT2D eigenvalue weighted by Gasteiger charge is 2.43. The summed E-state index contributed by atoms with van der Waals surface area (Å²) in [6, 6.07) is 3.64. The van der Waals surface area contributed by atoms with Crippen LogP contribution in [0.1, 0.15) is 22.7 Å². The third-order valence-corrected chi connectivity index (χ3v) is 2.55. The normalized spacial score (nSPS) is 15.0. The summed E-state index contributed by atoms with van der Waals surface area (Å²) in [6.45, 7) is 3.34.